The van der Waals surface area contributed by atoms with E-state index in [1.54, 1.807) is 0 Å². The maximum Gasteiger partial charge on any atom is 0.297 e. The Bertz CT molecular complexity index is 1490. The molecule has 0 amide bonds. The summed E-state index contributed by atoms with van der Waals surface area (Å²) in [5.41, 5.74) is 7.84. The summed E-state index contributed by atoms with van der Waals surface area (Å²) < 4.78 is 65.9. The Morgan fingerprint density at radius 1 is 1.03 bits per heavy atom. The van der Waals surface area contributed by atoms with E-state index in [-0.39, 0.29) is 32.8 Å². The van der Waals surface area contributed by atoms with E-state index in [4.69, 9.17) is 5.73 Å². The van der Waals surface area contributed by atoms with E-state index in [1.165, 1.54) is 12.1 Å². The van der Waals surface area contributed by atoms with Gasteiger partial charge in [-0.2, -0.15) is 16.8 Å². The highest BCUT2D eigenvalue weighted by atomic mass is 32.2. The average molecular weight is 504 g/mol. The van der Waals surface area contributed by atoms with Gasteiger partial charge in [-0.3, -0.25) is 19.2 Å². The molecule has 16 heteroatoms. The molecule has 3 rings (SSSR count). The van der Waals surface area contributed by atoms with Gasteiger partial charge in [0.05, 0.1) is 10.3 Å². The van der Waals surface area contributed by atoms with Gasteiger partial charge in [-0.25, -0.2) is 10.9 Å². The fraction of sp³-hybridized carbons (Fsp3) is 0. The minimum Gasteiger partial charge on any atom is -0.507 e. The summed E-state index contributed by atoms with van der Waals surface area (Å²) in [5.74, 6) is -0.354. The molecule has 0 heterocycles. The number of anilines is 2. The molecule has 3 aromatic carbocycles. The van der Waals surface area contributed by atoms with Crippen LogP contribution in [0.5, 0.6) is 5.75 Å². The van der Waals surface area contributed by atoms with Crippen LogP contribution in [-0.4, -0.2) is 36.0 Å². The summed E-state index contributed by atoms with van der Waals surface area (Å²) in [7, 11) is -9.70. The normalized spacial score (nSPS) is 12.1. The molecular formula is C16H15N4O9S3+. The van der Waals surface area contributed by atoms with Gasteiger partial charge in [-0.1, -0.05) is 0 Å². The molecular weight excluding hydrogens is 488 g/mol. The van der Waals surface area contributed by atoms with Crippen LogP contribution in [0.3, 0.4) is 0 Å². The molecule has 0 fully saturated rings. The zero-order chi connectivity index (χ0) is 24.0. The highest BCUT2D eigenvalue weighted by Crippen LogP contribution is 2.39. The quantitative estimate of drug-likeness (QED) is 0.0627. The van der Waals surface area contributed by atoms with Crippen LogP contribution in [0.2, 0.25) is 0 Å². The summed E-state index contributed by atoms with van der Waals surface area (Å²) in [5, 5.41) is 21.4. The molecule has 0 aliphatic rings. The number of rotatable bonds is 6. The zero-order valence-electron chi connectivity index (χ0n) is 15.6. The predicted molar refractivity (Wildman–Crippen MR) is 115 cm³/mol. The summed E-state index contributed by atoms with van der Waals surface area (Å²) >= 11 is 4.10. The van der Waals surface area contributed by atoms with Crippen LogP contribution in [0.1, 0.15) is 0 Å². The monoisotopic (exact) mass is 503 g/mol. The van der Waals surface area contributed by atoms with Crippen molar-refractivity contribution < 1.29 is 41.4 Å². The molecule has 0 aromatic heterocycles. The molecule has 0 unspecified atom stereocenters. The van der Waals surface area contributed by atoms with E-state index in [9.17, 15) is 41.2 Å². The molecule has 32 heavy (non-hydrogen) atoms. The van der Waals surface area contributed by atoms with Gasteiger partial charge in [-0.05, 0) is 29.7 Å². The Labute approximate surface area is 185 Å². The van der Waals surface area contributed by atoms with E-state index in [1.807, 2.05) is 0 Å². The summed E-state index contributed by atoms with van der Waals surface area (Å²) in [6, 6.07) is 6.22. The minimum absolute atomic E-state index is 0.0375. The molecule has 3 aromatic rings. The first kappa shape index (κ1) is 23.5. The van der Waals surface area contributed by atoms with E-state index in [0.29, 0.717) is 6.07 Å². The number of hydrogen-bond acceptors (Lipinski definition) is 10. The van der Waals surface area contributed by atoms with Crippen molar-refractivity contribution in [3.8, 4) is 5.75 Å². The second kappa shape index (κ2) is 8.08. The lowest BCUT2D eigenvalue weighted by Crippen LogP contribution is -2.83. The molecule has 170 valence electrons. The summed E-state index contributed by atoms with van der Waals surface area (Å²) in [4.78, 5) is 8.81. The molecule has 0 saturated carbocycles. The third kappa shape index (κ3) is 4.54. The Kier molecular flexibility index (Phi) is 5.94. The number of non-ortho nitro benzene ring substituents is 1. The number of nitrogen functional groups attached to an aromatic ring is 2. The number of nitrogens with two attached hydrogens (primary N) is 2. The Balaban J connectivity index is 2.20. The Morgan fingerprint density at radius 2 is 1.66 bits per heavy atom. The molecule has 0 saturated heterocycles. The highest BCUT2D eigenvalue weighted by molar-refractivity contribution is 7.86. The van der Waals surface area contributed by atoms with Gasteiger partial charge < -0.3 is 10.8 Å². The van der Waals surface area contributed by atoms with Crippen LogP contribution in [0.4, 0.5) is 22.7 Å². The number of phenols is 1. The smallest absolute Gasteiger partial charge is 0.297 e. The molecule has 0 atom stereocenters. The number of nitrogens with one attached hydrogen (secondary N) is 1. The average Bonchev–Trinajstić information content (AvgIpc) is 2.65. The molecule has 13 nitrogen and oxygen atoms in total. The van der Waals surface area contributed by atoms with Gasteiger partial charge in [0.15, 0.2) is 5.69 Å². The number of hydrogen-bond donors (Lipinski definition) is 7. The second-order valence-corrected chi connectivity index (χ2v) is 9.74. The molecule has 0 bridgehead atoms. The maximum atomic E-state index is 11.8. The third-order valence-electron chi connectivity index (χ3n) is 4.35. The van der Waals surface area contributed by atoms with Crippen LogP contribution < -0.4 is 16.6 Å². The summed E-state index contributed by atoms with van der Waals surface area (Å²) in [6.07, 6.45) is 0. The Hall–Kier alpha value is -3.15. The van der Waals surface area contributed by atoms with Gasteiger partial charge in [0, 0.05) is 17.0 Å². The molecule has 0 aliphatic carbocycles. The molecule has 8 N–H and O–H groups in total. The van der Waals surface area contributed by atoms with Crippen molar-refractivity contribution in [2.24, 2.45) is 0 Å². The number of nitrogens with zero attached hydrogens (tertiary/aromatic N) is 1. The van der Waals surface area contributed by atoms with Crippen molar-refractivity contribution in [3.05, 3.63) is 46.5 Å². The van der Waals surface area contributed by atoms with E-state index in [0.717, 1.165) is 23.6 Å². The number of aromatic hydroxyl groups is 1. The standard InChI is InChI=1S/C16H14N4O9S3/c17-15-13(32(27,28)29)4-7-3-9(30)6-11(21)14(7)16(15)19-18-10-2-1-8(20(22)23)5-12(10)31(24,25)26/h1-6,18-19,21,30H,17H2,(H,24,25,26)(H,27,28,29)/p+1. The predicted octanol–water partition coefficient (Wildman–Crippen LogP) is 1.04. The first-order valence-corrected chi connectivity index (χ1v) is 11.6. The zero-order valence-corrected chi connectivity index (χ0v) is 18.1. The third-order valence-corrected chi connectivity index (χ3v) is 6.39. The van der Waals surface area contributed by atoms with E-state index >= 15 is 0 Å². The number of quaternary nitrogens is 1. The fourth-order valence-corrected chi connectivity index (χ4v) is 4.60. The lowest BCUT2D eigenvalue weighted by atomic mass is 10.1. The fourth-order valence-electron chi connectivity index (χ4n) is 3.00. The van der Waals surface area contributed by atoms with Crippen molar-refractivity contribution in [1.29, 1.82) is 0 Å². The molecule has 0 radical (unpaired) electrons. The van der Waals surface area contributed by atoms with Gasteiger partial charge in [0.25, 0.3) is 25.9 Å². The van der Waals surface area contributed by atoms with Crippen LogP contribution >= 0.6 is 12.6 Å². The van der Waals surface area contributed by atoms with Gasteiger partial charge in [0.1, 0.15) is 26.9 Å². The van der Waals surface area contributed by atoms with Gasteiger partial charge in [0.2, 0.25) is 0 Å². The lowest BCUT2D eigenvalue weighted by molar-refractivity contribution is -0.536. The number of benzene rings is 3. The SMILES string of the molecule is Nc1c(S(=O)(=O)O)cc2cc(S)cc(O)c2c1[NH2+]Nc1ccc([N+](=O)[O-])cc1S(=O)(=O)O. The Morgan fingerprint density at radius 3 is 2.22 bits per heavy atom. The van der Waals surface area contributed by atoms with E-state index < -0.39 is 46.3 Å². The maximum absolute atomic E-state index is 11.8. The number of thiol groups is 1. The lowest BCUT2D eigenvalue weighted by Gasteiger charge is -2.14. The van der Waals surface area contributed by atoms with Crippen LogP contribution in [0.15, 0.2) is 51.1 Å². The van der Waals surface area contributed by atoms with Gasteiger partial charge in [-0.15, -0.1) is 12.6 Å². The number of nitro benzene ring substituents is 1. The van der Waals surface area contributed by atoms with Crippen LogP contribution in [-0.2, 0) is 20.2 Å². The van der Waals surface area contributed by atoms with Crippen molar-refractivity contribution in [2.45, 2.75) is 14.7 Å². The topological polar surface area (TPSA) is 227 Å². The number of fused-ring (bicyclic) bond motifs is 1. The molecule has 0 spiro atoms. The van der Waals surface area contributed by atoms with Crippen LogP contribution in [0.25, 0.3) is 10.8 Å². The van der Waals surface area contributed by atoms with Crippen molar-refractivity contribution in [2.75, 3.05) is 11.2 Å². The number of nitro groups is 1. The van der Waals surface area contributed by atoms with Crippen LogP contribution in [0, 0.1) is 10.1 Å². The number of phenolic OH excluding ortho intramolecular Hbond substituents is 1. The largest absolute Gasteiger partial charge is 0.507 e. The van der Waals surface area contributed by atoms with Crippen molar-refractivity contribution in [3.63, 3.8) is 0 Å². The minimum atomic E-state index is -4.91. The van der Waals surface area contributed by atoms with Crippen molar-refractivity contribution >= 4 is 66.4 Å². The first-order chi connectivity index (χ1) is 14.7. The first-order valence-electron chi connectivity index (χ1n) is 8.31. The second-order valence-electron chi connectivity index (χ2n) is 6.44. The highest BCUT2D eigenvalue weighted by Gasteiger charge is 2.26. The molecule has 0 aliphatic heterocycles. The van der Waals surface area contributed by atoms with E-state index in [2.05, 4.69) is 18.1 Å². The summed E-state index contributed by atoms with van der Waals surface area (Å²) in [6.45, 7) is 0. The van der Waals surface area contributed by atoms with Crippen molar-refractivity contribution in [1.82, 2.24) is 0 Å². The van der Waals surface area contributed by atoms with Gasteiger partial charge >= 0.3 is 0 Å².